The van der Waals surface area contributed by atoms with E-state index in [4.69, 9.17) is 14.2 Å². The third kappa shape index (κ3) is 3.25. The van der Waals surface area contributed by atoms with Crippen molar-refractivity contribution in [1.29, 1.82) is 0 Å². The van der Waals surface area contributed by atoms with E-state index in [-0.39, 0.29) is 5.97 Å². The Bertz CT molecular complexity index is 856. The third-order valence-electron chi connectivity index (χ3n) is 6.59. The molecule has 2 aromatic rings. The number of fused-ring (bicyclic) bond motifs is 3. The lowest BCUT2D eigenvalue weighted by Crippen LogP contribution is -2.31. The van der Waals surface area contributed by atoms with Crippen LogP contribution in [0.25, 0.3) is 0 Å². The molecule has 2 aromatic carbocycles. The number of rotatable bonds is 4. The molecule has 0 spiro atoms. The molecule has 28 heavy (non-hydrogen) atoms. The van der Waals surface area contributed by atoms with Gasteiger partial charge in [0.25, 0.3) is 0 Å². The molecule has 4 rings (SSSR count). The number of esters is 1. The first-order valence-electron chi connectivity index (χ1n) is 10.1. The van der Waals surface area contributed by atoms with Gasteiger partial charge in [0.15, 0.2) is 0 Å². The van der Waals surface area contributed by atoms with Crippen molar-refractivity contribution < 1.29 is 19.0 Å². The van der Waals surface area contributed by atoms with Crippen LogP contribution < -0.4 is 9.47 Å². The number of hydrogen-bond acceptors (Lipinski definition) is 4. The monoisotopic (exact) mass is 380 g/mol. The maximum absolute atomic E-state index is 12.3. The van der Waals surface area contributed by atoms with Gasteiger partial charge in [-0.2, -0.15) is 0 Å². The Morgan fingerprint density at radius 2 is 1.68 bits per heavy atom. The summed E-state index contributed by atoms with van der Waals surface area (Å²) in [5.41, 5.74) is 4.49. The van der Waals surface area contributed by atoms with Gasteiger partial charge in [0, 0.05) is 0 Å². The van der Waals surface area contributed by atoms with Gasteiger partial charge in [-0.3, -0.25) is 0 Å². The van der Waals surface area contributed by atoms with E-state index in [0.717, 1.165) is 12.2 Å². The number of benzene rings is 2. The van der Waals surface area contributed by atoms with Crippen LogP contribution in [0.15, 0.2) is 36.4 Å². The van der Waals surface area contributed by atoms with Crippen molar-refractivity contribution in [2.24, 2.45) is 5.92 Å². The molecular formula is C24H28O4. The molecule has 0 radical (unpaired) electrons. The molecule has 0 N–H and O–H groups in total. The van der Waals surface area contributed by atoms with Crippen LogP contribution in [0.3, 0.4) is 0 Å². The lowest BCUT2D eigenvalue weighted by Gasteiger charge is -2.43. The Hall–Kier alpha value is -2.49. The molecule has 148 valence electrons. The van der Waals surface area contributed by atoms with Crippen LogP contribution in [-0.2, 0) is 11.2 Å². The van der Waals surface area contributed by atoms with Gasteiger partial charge in [0.2, 0.25) is 0 Å². The molecule has 0 aliphatic heterocycles. The highest BCUT2D eigenvalue weighted by atomic mass is 16.5. The SMILES string of the molecule is COC(=O)c1cc2c(cc1OC)[C@@H]1CCCC[C@@H]1[C@H](c1ccc(OC)cc1)C2. The predicted octanol–water partition coefficient (Wildman–Crippen LogP) is 5.10. The van der Waals surface area contributed by atoms with Gasteiger partial charge >= 0.3 is 5.97 Å². The molecule has 0 bridgehead atoms. The van der Waals surface area contributed by atoms with Crippen molar-refractivity contribution in [3.63, 3.8) is 0 Å². The molecule has 0 amide bonds. The first kappa shape index (κ1) is 18.9. The van der Waals surface area contributed by atoms with E-state index in [2.05, 4.69) is 30.3 Å². The number of carbonyl (C=O) groups excluding carboxylic acids is 1. The molecule has 4 heteroatoms. The lowest BCUT2D eigenvalue weighted by molar-refractivity contribution is 0.0596. The Labute approximate surface area is 166 Å². The van der Waals surface area contributed by atoms with E-state index in [0.29, 0.717) is 29.1 Å². The lowest BCUT2D eigenvalue weighted by atomic mass is 9.61. The highest BCUT2D eigenvalue weighted by molar-refractivity contribution is 5.93. The third-order valence-corrected chi connectivity index (χ3v) is 6.59. The number of carbonyl (C=O) groups is 1. The summed E-state index contributed by atoms with van der Waals surface area (Å²) in [5.74, 6) is 2.78. The maximum atomic E-state index is 12.3. The van der Waals surface area contributed by atoms with Crippen LogP contribution in [0.4, 0.5) is 0 Å². The number of methoxy groups -OCH3 is 3. The zero-order valence-electron chi connectivity index (χ0n) is 16.9. The first-order valence-corrected chi connectivity index (χ1v) is 10.1. The molecule has 0 saturated heterocycles. The summed E-state index contributed by atoms with van der Waals surface area (Å²) in [6.45, 7) is 0. The van der Waals surface area contributed by atoms with Crippen LogP contribution >= 0.6 is 0 Å². The summed E-state index contributed by atoms with van der Waals surface area (Å²) < 4.78 is 15.9. The van der Waals surface area contributed by atoms with Crippen LogP contribution in [0.2, 0.25) is 0 Å². The molecule has 0 heterocycles. The molecule has 2 aliphatic carbocycles. The summed E-state index contributed by atoms with van der Waals surface area (Å²) in [5, 5.41) is 0. The minimum absolute atomic E-state index is 0.341. The van der Waals surface area contributed by atoms with Crippen LogP contribution in [0.1, 0.15) is 64.6 Å². The van der Waals surface area contributed by atoms with E-state index in [1.165, 1.54) is 49.5 Å². The predicted molar refractivity (Wildman–Crippen MR) is 108 cm³/mol. The second kappa shape index (κ2) is 7.86. The molecule has 0 unspecified atom stereocenters. The van der Waals surface area contributed by atoms with Crippen LogP contribution in [-0.4, -0.2) is 27.3 Å². The highest BCUT2D eigenvalue weighted by Crippen LogP contribution is 2.52. The van der Waals surface area contributed by atoms with E-state index >= 15 is 0 Å². The summed E-state index contributed by atoms with van der Waals surface area (Å²) in [7, 11) is 4.73. The Morgan fingerprint density at radius 3 is 2.36 bits per heavy atom. The van der Waals surface area contributed by atoms with Crippen molar-refractivity contribution >= 4 is 5.97 Å². The summed E-state index contributed by atoms with van der Waals surface area (Å²) >= 11 is 0. The van der Waals surface area contributed by atoms with Gasteiger partial charge in [0.05, 0.1) is 21.3 Å². The zero-order chi connectivity index (χ0) is 19.7. The second-order valence-corrected chi connectivity index (χ2v) is 7.88. The van der Waals surface area contributed by atoms with Crippen molar-refractivity contribution in [2.75, 3.05) is 21.3 Å². The highest BCUT2D eigenvalue weighted by Gasteiger charge is 2.39. The van der Waals surface area contributed by atoms with E-state index < -0.39 is 0 Å². The number of hydrogen-bond donors (Lipinski definition) is 0. The zero-order valence-corrected chi connectivity index (χ0v) is 16.9. The van der Waals surface area contributed by atoms with Crippen molar-refractivity contribution in [3.05, 3.63) is 58.7 Å². The van der Waals surface area contributed by atoms with Gasteiger partial charge in [-0.1, -0.05) is 25.0 Å². The smallest absolute Gasteiger partial charge is 0.341 e. The second-order valence-electron chi connectivity index (χ2n) is 7.88. The fraction of sp³-hybridized carbons (Fsp3) is 0.458. The normalized spacial score (nSPS) is 23.3. The Morgan fingerprint density at radius 1 is 0.929 bits per heavy atom. The molecule has 3 atom stereocenters. The van der Waals surface area contributed by atoms with Crippen LogP contribution in [0.5, 0.6) is 11.5 Å². The van der Waals surface area contributed by atoms with Gasteiger partial charge in [-0.25, -0.2) is 4.79 Å². The van der Waals surface area contributed by atoms with Gasteiger partial charge in [-0.05, 0) is 78.0 Å². The molecular weight excluding hydrogens is 352 g/mol. The summed E-state index contributed by atoms with van der Waals surface area (Å²) in [6, 6.07) is 12.6. The average molecular weight is 380 g/mol. The fourth-order valence-corrected chi connectivity index (χ4v) is 5.23. The summed E-state index contributed by atoms with van der Waals surface area (Å²) in [4.78, 5) is 12.3. The maximum Gasteiger partial charge on any atom is 0.341 e. The molecule has 2 aliphatic rings. The first-order chi connectivity index (χ1) is 13.7. The Kier molecular flexibility index (Phi) is 5.29. The number of ether oxygens (including phenoxy) is 3. The molecule has 0 aromatic heterocycles. The van der Waals surface area contributed by atoms with Crippen molar-refractivity contribution in [1.82, 2.24) is 0 Å². The molecule has 1 fully saturated rings. The van der Waals surface area contributed by atoms with Gasteiger partial charge in [0.1, 0.15) is 17.1 Å². The summed E-state index contributed by atoms with van der Waals surface area (Å²) in [6.07, 6.45) is 5.95. The van der Waals surface area contributed by atoms with Crippen LogP contribution in [0, 0.1) is 5.92 Å². The Balaban J connectivity index is 1.78. The van der Waals surface area contributed by atoms with E-state index in [1.807, 2.05) is 6.07 Å². The standard InChI is InChI=1S/C24H28O4/c1-26-17-10-8-15(9-11-17)20-12-16-13-22(24(25)28-3)23(27-2)14-21(16)19-7-5-4-6-18(19)20/h8-11,13-14,18-20H,4-7,12H2,1-3H3/t18-,19+,20-/m0/s1. The minimum atomic E-state index is -0.341. The molecule has 4 nitrogen and oxygen atoms in total. The largest absolute Gasteiger partial charge is 0.497 e. The van der Waals surface area contributed by atoms with E-state index in [9.17, 15) is 4.79 Å². The van der Waals surface area contributed by atoms with Gasteiger partial charge < -0.3 is 14.2 Å². The average Bonchev–Trinajstić information content (AvgIpc) is 2.77. The minimum Gasteiger partial charge on any atom is -0.497 e. The topological polar surface area (TPSA) is 44.8 Å². The quantitative estimate of drug-likeness (QED) is 0.692. The fourth-order valence-electron chi connectivity index (χ4n) is 5.23. The van der Waals surface area contributed by atoms with Crippen molar-refractivity contribution in [2.45, 2.75) is 43.9 Å². The van der Waals surface area contributed by atoms with Gasteiger partial charge in [-0.15, -0.1) is 0 Å². The van der Waals surface area contributed by atoms with Crippen molar-refractivity contribution in [3.8, 4) is 11.5 Å². The van der Waals surface area contributed by atoms with E-state index in [1.54, 1.807) is 14.2 Å². The molecule has 1 saturated carbocycles.